The van der Waals surface area contributed by atoms with Crippen LogP contribution in [0.4, 0.5) is 10.4 Å². The molecular weight excluding hydrogens is 337 g/mol. The van der Waals surface area contributed by atoms with Gasteiger partial charge in [-0.1, -0.05) is 0 Å². The predicted octanol–water partition coefficient (Wildman–Crippen LogP) is 1.26. The first-order valence-electron chi connectivity index (χ1n) is 9.26. The Labute approximate surface area is 150 Å². The summed E-state index contributed by atoms with van der Waals surface area (Å²) in [5.41, 5.74) is 1.13. The smallest absolute Gasteiger partial charge is 0.298 e. The summed E-state index contributed by atoms with van der Waals surface area (Å²) in [5, 5.41) is 6.65. The highest BCUT2D eigenvalue weighted by Gasteiger charge is 2.39. The summed E-state index contributed by atoms with van der Waals surface area (Å²) in [6.07, 6.45) is 2.94. The fourth-order valence-electron chi connectivity index (χ4n) is 3.91. The molecule has 2 unspecified atom stereocenters. The van der Waals surface area contributed by atoms with Gasteiger partial charge in [0, 0.05) is 44.7 Å². The van der Waals surface area contributed by atoms with Crippen LogP contribution >= 0.6 is 0 Å². The lowest BCUT2D eigenvalue weighted by Crippen LogP contribution is -2.67. The Bertz CT molecular complexity index is 828. The summed E-state index contributed by atoms with van der Waals surface area (Å²) in [4.78, 5) is 20.8. The molecule has 2 N–H and O–H groups in total. The number of benzene rings is 1. The van der Waals surface area contributed by atoms with Crippen LogP contribution in [0.3, 0.4) is 0 Å². The Balaban J connectivity index is 1.24. The van der Waals surface area contributed by atoms with E-state index in [0.29, 0.717) is 35.5 Å². The molecule has 3 fully saturated rings. The van der Waals surface area contributed by atoms with Crippen LogP contribution in [0.2, 0.25) is 0 Å². The zero-order valence-corrected chi connectivity index (χ0v) is 14.4. The molecule has 1 saturated carbocycles. The molecule has 1 amide bonds. The number of hydrogen-bond acceptors (Lipinski definition) is 6. The summed E-state index contributed by atoms with van der Waals surface area (Å²) < 4.78 is 19.0. The molecule has 0 radical (unpaired) electrons. The van der Waals surface area contributed by atoms with E-state index >= 15 is 0 Å². The zero-order chi connectivity index (χ0) is 17.7. The molecule has 3 aliphatic rings. The highest BCUT2D eigenvalue weighted by molar-refractivity contribution is 5.77. The molecule has 138 valence electrons. The Morgan fingerprint density at radius 3 is 2.77 bits per heavy atom. The van der Waals surface area contributed by atoms with Crippen LogP contribution in [0, 0.1) is 11.7 Å². The quantitative estimate of drug-likeness (QED) is 0.860. The Hall–Kier alpha value is -2.19. The first-order chi connectivity index (χ1) is 12.7. The van der Waals surface area contributed by atoms with Crippen LogP contribution in [0.5, 0.6) is 0 Å². The van der Waals surface area contributed by atoms with E-state index in [1.54, 1.807) is 6.07 Å². The van der Waals surface area contributed by atoms with Crippen molar-refractivity contribution in [2.75, 3.05) is 31.1 Å². The average molecular weight is 359 g/mol. The third-order valence-corrected chi connectivity index (χ3v) is 5.56. The van der Waals surface area contributed by atoms with Crippen LogP contribution in [-0.2, 0) is 4.79 Å². The van der Waals surface area contributed by atoms with E-state index in [1.165, 1.54) is 25.0 Å². The average Bonchev–Trinajstić information content (AvgIpc) is 3.41. The molecule has 1 aromatic heterocycles. The number of hydrogen-bond donors (Lipinski definition) is 2. The van der Waals surface area contributed by atoms with Crippen LogP contribution in [0.1, 0.15) is 19.3 Å². The molecule has 2 atom stereocenters. The van der Waals surface area contributed by atoms with Crippen molar-refractivity contribution in [2.24, 2.45) is 5.92 Å². The molecule has 8 heteroatoms. The second-order valence-corrected chi connectivity index (χ2v) is 7.42. The first kappa shape index (κ1) is 16.0. The van der Waals surface area contributed by atoms with Crippen LogP contribution in [-0.4, -0.2) is 54.3 Å². The van der Waals surface area contributed by atoms with Crippen LogP contribution < -0.4 is 15.5 Å². The van der Waals surface area contributed by atoms with Gasteiger partial charge in [-0.05, 0) is 30.9 Å². The fraction of sp³-hybridized carbons (Fsp3) is 0.556. The summed E-state index contributed by atoms with van der Waals surface area (Å²) in [7, 11) is 0. The first-order valence-corrected chi connectivity index (χ1v) is 9.26. The SMILES string of the molecule is O=C1CC(C2CC2)NC(N2CCN(c3nc4ccc(F)cc4o3)CC2)N1. The Morgan fingerprint density at radius 1 is 1.19 bits per heavy atom. The van der Waals surface area contributed by atoms with Gasteiger partial charge in [-0.25, -0.2) is 4.39 Å². The number of aromatic nitrogens is 1. The molecule has 0 bridgehead atoms. The normalized spacial score (nSPS) is 27.7. The number of halogens is 1. The maximum atomic E-state index is 13.3. The van der Waals surface area contributed by atoms with Crippen molar-refractivity contribution in [1.82, 2.24) is 20.5 Å². The van der Waals surface area contributed by atoms with Crippen molar-refractivity contribution in [3.63, 3.8) is 0 Å². The number of amides is 1. The van der Waals surface area contributed by atoms with Crippen molar-refractivity contribution in [3.05, 3.63) is 24.0 Å². The molecule has 0 spiro atoms. The molecule has 7 nitrogen and oxygen atoms in total. The number of rotatable bonds is 3. The number of piperazine rings is 1. The molecule has 1 aromatic carbocycles. The second-order valence-electron chi connectivity index (χ2n) is 7.42. The van der Waals surface area contributed by atoms with Crippen LogP contribution in [0.15, 0.2) is 22.6 Å². The summed E-state index contributed by atoms with van der Waals surface area (Å²) in [6, 6.07) is 5.22. The van der Waals surface area contributed by atoms with Crippen molar-refractivity contribution in [1.29, 1.82) is 0 Å². The number of nitrogens with zero attached hydrogens (tertiary/aromatic N) is 3. The lowest BCUT2D eigenvalue weighted by atomic mass is 10.1. The standard InChI is InChI=1S/C18H22FN5O2/c19-12-3-4-13-15(9-12)26-18(21-13)24-7-5-23(6-8-24)17-20-14(11-1-2-11)10-16(25)22-17/h3-4,9,11,14,17,20H,1-2,5-8,10H2,(H,22,25). The second kappa shape index (κ2) is 6.21. The summed E-state index contributed by atoms with van der Waals surface area (Å²) in [6.45, 7) is 3.08. The van der Waals surface area contributed by atoms with Gasteiger partial charge in [0.2, 0.25) is 5.91 Å². The molecule has 26 heavy (non-hydrogen) atoms. The van der Waals surface area contributed by atoms with Gasteiger partial charge in [-0.2, -0.15) is 4.98 Å². The van der Waals surface area contributed by atoms with E-state index in [0.717, 1.165) is 26.2 Å². The number of anilines is 1. The minimum absolute atomic E-state index is 0.0956. The third-order valence-electron chi connectivity index (χ3n) is 5.56. The van der Waals surface area contributed by atoms with Gasteiger partial charge in [-0.15, -0.1) is 0 Å². The van der Waals surface area contributed by atoms with Gasteiger partial charge in [-0.3, -0.25) is 15.0 Å². The van der Waals surface area contributed by atoms with E-state index in [-0.39, 0.29) is 18.0 Å². The van der Waals surface area contributed by atoms with E-state index in [9.17, 15) is 9.18 Å². The van der Waals surface area contributed by atoms with E-state index in [1.807, 2.05) is 0 Å². The predicted molar refractivity (Wildman–Crippen MR) is 93.9 cm³/mol. The van der Waals surface area contributed by atoms with Gasteiger partial charge in [0.05, 0.1) is 0 Å². The Morgan fingerprint density at radius 2 is 2.00 bits per heavy atom. The molecule has 3 heterocycles. The van der Waals surface area contributed by atoms with Crippen molar-refractivity contribution >= 4 is 23.0 Å². The van der Waals surface area contributed by atoms with Crippen LogP contribution in [0.25, 0.3) is 11.1 Å². The molecular formula is C18H22FN5O2. The number of nitrogens with one attached hydrogen (secondary N) is 2. The highest BCUT2D eigenvalue weighted by Crippen LogP contribution is 2.35. The molecule has 2 saturated heterocycles. The zero-order valence-electron chi connectivity index (χ0n) is 14.4. The molecule has 2 aromatic rings. The molecule has 1 aliphatic carbocycles. The maximum Gasteiger partial charge on any atom is 0.298 e. The molecule has 2 aliphatic heterocycles. The van der Waals surface area contributed by atoms with Gasteiger partial charge in [0.15, 0.2) is 5.58 Å². The lowest BCUT2D eigenvalue weighted by Gasteiger charge is -2.42. The third kappa shape index (κ3) is 3.03. The van der Waals surface area contributed by atoms with Crippen molar-refractivity contribution in [3.8, 4) is 0 Å². The van der Waals surface area contributed by atoms with E-state index in [4.69, 9.17) is 4.42 Å². The molecule has 5 rings (SSSR count). The Kier molecular flexibility index (Phi) is 3.82. The van der Waals surface area contributed by atoms with Gasteiger partial charge < -0.3 is 14.6 Å². The number of oxazole rings is 1. The van der Waals surface area contributed by atoms with Gasteiger partial charge >= 0.3 is 0 Å². The number of carbonyl (C=O) groups excluding carboxylic acids is 1. The summed E-state index contributed by atoms with van der Waals surface area (Å²) >= 11 is 0. The maximum absolute atomic E-state index is 13.3. The van der Waals surface area contributed by atoms with Crippen molar-refractivity contribution < 1.29 is 13.6 Å². The number of fused-ring (bicyclic) bond motifs is 1. The lowest BCUT2D eigenvalue weighted by molar-refractivity contribution is -0.127. The van der Waals surface area contributed by atoms with E-state index < -0.39 is 0 Å². The number of carbonyl (C=O) groups is 1. The van der Waals surface area contributed by atoms with E-state index in [2.05, 4.69) is 25.4 Å². The van der Waals surface area contributed by atoms with Gasteiger partial charge in [0.1, 0.15) is 17.6 Å². The highest BCUT2D eigenvalue weighted by atomic mass is 19.1. The largest absolute Gasteiger partial charge is 0.423 e. The minimum Gasteiger partial charge on any atom is -0.423 e. The fourth-order valence-corrected chi connectivity index (χ4v) is 3.91. The van der Waals surface area contributed by atoms with Crippen molar-refractivity contribution in [2.45, 2.75) is 31.6 Å². The van der Waals surface area contributed by atoms with Gasteiger partial charge in [0.25, 0.3) is 6.01 Å². The topological polar surface area (TPSA) is 73.6 Å². The monoisotopic (exact) mass is 359 g/mol. The minimum atomic E-state index is -0.325. The summed E-state index contributed by atoms with van der Waals surface area (Å²) in [5.74, 6) is 0.466.